The van der Waals surface area contributed by atoms with Gasteiger partial charge in [0.15, 0.2) is 0 Å². The predicted octanol–water partition coefficient (Wildman–Crippen LogP) is 3.65. The molecule has 130 valence electrons. The summed E-state index contributed by atoms with van der Waals surface area (Å²) >= 11 is 5.85. The van der Waals surface area contributed by atoms with Crippen LogP contribution in [0.5, 0.6) is 0 Å². The number of hydrogen-bond acceptors (Lipinski definition) is 2. The van der Waals surface area contributed by atoms with Crippen LogP contribution in [0.1, 0.15) is 18.4 Å². The predicted molar refractivity (Wildman–Crippen MR) is 98.5 cm³/mol. The number of urea groups is 1. The number of likely N-dealkylation sites (tertiary alicyclic amines) is 1. The molecule has 0 radical (unpaired) electrons. The van der Waals surface area contributed by atoms with E-state index in [9.17, 15) is 9.59 Å². The van der Waals surface area contributed by atoms with Crippen molar-refractivity contribution in [2.24, 2.45) is 0 Å². The molecule has 1 aliphatic rings. The van der Waals surface area contributed by atoms with Crippen molar-refractivity contribution < 1.29 is 9.59 Å². The molecule has 1 atom stereocenters. The standard InChI is InChI=1S/C19H20ClN3O2/c20-15-8-10-16(11-9-15)22-18(24)17-7-4-12-23(17)19(25)21-13-14-5-2-1-3-6-14/h1-3,5-6,8-11,17H,4,7,12-13H2,(H,21,25)(H,22,24)/t17-/m1/s1. The Morgan fingerprint density at radius 1 is 1.08 bits per heavy atom. The topological polar surface area (TPSA) is 61.4 Å². The van der Waals surface area contributed by atoms with Gasteiger partial charge in [0.2, 0.25) is 5.91 Å². The fourth-order valence-corrected chi connectivity index (χ4v) is 3.04. The maximum Gasteiger partial charge on any atom is 0.318 e. The Morgan fingerprint density at radius 3 is 2.52 bits per heavy atom. The van der Waals surface area contributed by atoms with Crippen LogP contribution in [0.15, 0.2) is 54.6 Å². The Kier molecular flexibility index (Phi) is 5.56. The first-order valence-electron chi connectivity index (χ1n) is 8.28. The minimum Gasteiger partial charge on any atom is -0.334 e. The number of nitrogens with zero attached hydrogens (tertiary/aromatic N) is 1. The number of carbonyl (C=O) groups is 2. The Balaban J connectivity index is 1.58. The van der Waals surface area contributed by atoms with E-state index < -0.39 is 6.04 Å². The molecule has 2 N–H and O–H groups in total. The van der Waals surface area contributed by atoms with E-state index in [1.54, 1.807) is 29.2 Å². The molecule has 3 amide bonds. The number of benzene rings is 2. The van der Waals surface area contributed by atoms with Gasteiger partial charge in [0.25, 0.3) is 0 Å². The number of nitrogens with one attached hydrogen (secondary N) is 2. The fraction of sp³-hybridized carbons (Fsp3) is 0.263. The second-order valence-electron chi connectivity index (χ2n) is 5.99. The largest absolute Gasteiger partial charge is 0.334 e. The van der Waals surface area contributed by atoms with E-state index in [1.165, 1.54) is 0 Å². The van der Waals surface area contributed by atoms with Crippen LogP contribution < -0.4 is 10.6 Å². The fourth-order valence-electron chi connectivity index (χ4n) is 2.92. The third-order valence-electron chi connectivity index (χ3n) is 4.21. The van der Waals surface area contributed by atoms with Gasteiger partial charge in [-0.1, -0.05) is 41.9 Å². The Labute approximate surface area is 152 Å². The van der Waals surface area contributed by atoms with Gasteiger partial charge in [-0.15, -0.1) is 0 Å². The number of rotatable bonds is 4. The summed E-state index contributed by atoms with van der Waals surface area (Å²) in [4.78, 5) is 26.6. The third-order valence-corrected chi connectivity index (χ3v) is 4.47. The van der Waals surface area contributed by atoms with Crippen LogP contribution in [0.2, 0.25) is 5.02 Å². The van der Waals surface area contributed by atoms with Crippen LogP contribution in [-0.2, 0) is 11.3 Å². The lowest BCUT2D eigenvalue weighted by Crippen LogP contribution is -2.47. The quantitative estimate of drug-likeness (QED) is 0.877. The zero-order valence-corrected chi connectivity index (χ0v) is 14.5. The zero-order chi connectivity index (χ0) is 17.6. The summed E-state index contributed by atoms with van der Waals surface area (Å²) in [7, 11) is 0. The van der Waals surface area contributed by atoms with Crippen LogP contribution in [0.25, 0.3) is 0 Å². The molecule has 0 bridgehead atoms. The molecular weight excluding hydrogens is 338 g/mol. The number of amides is 3. The molecule has 1 saturated heterocycles. The number of hydrogen-bond donors (Lipinski definition) is 2. The zero-order valence-electron chi connectivity index (χ0n) is 13.7. The van der Waals surface area contributed by atoms with Crippen molar-refractivity contribution in [2.45, 2.75) is 25.4 Å². The Bertz CT molecular complexity index is 734. The molecule has 2 aromatic carbocycles. The summed E-state index contributed by atoms with van der Waals surface area (Å²) in [6.45, 7) is 1.03. The van der Waals surface area contributed by atoms with Gasteiger partial charge in [0.1, 0.15) is 6.04 Å². The average molecular weight is 358 g/mol. The van der Waals surface area contributed by atoms with Crippen LogP contribution in [-0.4, -0.2) is 29.4 Å². The van der Waals surface area contributed by atoms with Gasteiger partial charge in [-0.05, 0) is 42.7 Å². The first kappa shape index (κ1) is 17.3. The smallest absolute Gasteiger partial charge is 0.318 e. The molecule has 5 nitrogen and oxygen atoms in total. The second kappa shape index (κ2) is 8.03. The minimum atomic E-state index is -0.452. The van der Waals surface area contributed by atoms with Crippen molar-refractivity contribution in [3.8, 4) is 0 Å². The van der Waals surface area contributed by atoms with Crippen molar-refractivity contribution >= 4 is 29.2 Å². The van der Waals surface area contributed by atoms with Crippen LogP contribution in [0.3, 0.4) is 0 Å². The number of halogens is 1. The molecular formula is C19H20ClN3O2. The van der Waals surface area contributed by atoms with Crippen molar-refractivity contribution in [1.82, 2.24) is 10.2 Å². The third kappa shape index (κ3) is 4.51. The summed E-state index contributed by atoms with van der Waals surface area (Å²) in [6, 6.07) is 16.0. The van der Waals surface area contributed by atoms with E-state index in [0.29, 0.717) is 30.2 Å². The maximum absolute atomic E-state index is 12.5. The highest BCUT2D eigenvalue weighted by molar-refractivity contribution is 6.30. The first-order chi connectivity index (χ1) is 12.1. The normalized spacial score (nSPS) is 16.5. The summed E-state index contributed by atoms with van der Waals surface area (Å²) in [5, 5.41) is 6.35. The molecule has 25 heavy (non-hydrogen) atoms. The van der Waals surface area contributed by atoms with E-state index in [4.69, 9.17) is 11.6 Å². The summed E-state index contributed by atoms with van der Waals surface area (Å²) < 4.78 is 0. The first-order valence-corrected chi connectivity index (χ1v) is 8.66. The van der Waals surface area contributed by atoms with Gasteiger partial charge in [0, 0.05) is 23.8 Å². The van der Waals surface area contributed by atoms with Gasteiger partial charge in [0.05, 0.1) is 0 Å². The lowest BCUT2D eigenvalue weighted by Gasteiger charge is -2.24. The molecule has 0 aliphatic carbocycles. The van der Waals surface area contributed by atoms with Gasteiger partial charge < -0.3 is 15.5 Å². The monoisotopic (exact) mass is 357 g/mol. The number of carbonyl (C=O) groups excluding carboxylic acids is 2. The Morgan fingerprint density at radius 2 is 1.80 bits per heavy atom. The van der Waals surface area contributed by atoms with E-state index in [-0.39, 0.29) is 11.9 Å². The number of anilines is 1. The summed E-state index contributed by atoms with van der Waals surface area (Å²) in [6.07, 6.45) is 1.48. The van der Waals surface area contributed by atoms with Gasteiger partial charge in [-0.25, -0.2) is 4.79 Å². The molecule has 0 saturated carbocycles. The molecule has 0 spiro atoms. The highest BCUT2D eigenvalue weighted by Gasteiger charge is 2.34. The summed E-state index contributed by atoms with van der Waals surface area (Å²) in [5.41, 5.74) is 1.70. The molecule has 6 heteroatoms. The van der Waals surface area contributed by atoms with Crippen LogP contribution in [0.4, 0.5) is 10.5 Å². The molecule has 1 aliphatic heterocycles. The lowest BCUT2D eigenvalue weighted by atomic mass is 10.2. The molecule has 0 aromatic heterocycles. The van der Waals surface area contributed by atoms with Crippen molar-refractivity contribution in [1.29, 1.82) is 0 Å². The van der Waals surface area contributed by atoms with E-state index in [2.05, 4.69) is 10.6 Å². The van der Waals surface area contributed by atoms with E-state index in [0.717, 1.165) is 12.0 Å². The van der Waals surface area contributed by atoms with Gasteiger partial charge >= 0.3 is 6.03 Å². The van der Waals surface area contributed by atoms with Gasteiger partial charge in [-0.2, -0.15) is 0 Å². The van der Waals surface area contributed by atoms with Crippen molar-refractivity contribution in [3.63, 3.8) is 0 Å². The minimum absolute atomic E-state index is 0.172. The molecule has 1 heterocycles. The molecule has 3 rings (SSSR count). The maximum atomic E-state index is 12.5. The highest BCUT2D eigenvalue weighted by atomic mass is 35.5. The van der Waals surface area contributed by atoms with Crippen molar-refractivity contribution in [3.05, 3.63) is 65.2 Å². The molecule has 0 unspecified atom stereocenters. The van der Waals surface area contributed by atoms with Crippen molar-refractivity contribution in [2.75, 3.05) is 11.9 Å². The SMILES string of the molecule is O=C(Nc1ccc(Cl)cc1)[C@H]1CCCN1C(=O)NCc1ccccc1. The second-order valence-corrected chi connectivity index (χ2v) is 6.43. The van der Waals surface area contributed by atoms with E-state index >= 15 is 0 Å². The highest BCUT2D eigenvalue weighted by Crippen LogP contribution is 2.20. The van der Waals surface area contributed by atoms with E-state index in [1.807, 2.05) is 30.3 Å². The summed E-state index contributed by atoms with van der Waals surface area (Å²) in [5.74, 6) is -0.172. The van der Waals surface area contributed by atoms with Gasteiger partial charge in [-0.3, -0.25) is 4.79 Å². The Hall–Kier alpha value is -2.53. The molecule has 2 aromatic rings. The average Bonchev–Trinajstić information content (AvgIpc) is 3.12. The van der Waals surface area contributed by atoms with Crippen LogP contribution in [0, 0.1) is 0 Å². The van der Waals surface area contributed by atoms with Crippen LogP contribution >= 0.6 is 11.6 Å². The lowest BCUT2D eigenvalue weighted by molar-refractivity contribution is -0.119. The molecule has 1 fully saturated rings.